The monoisotopic (exact) mass is 263 g/mol. The third-order valence-corrected chi connectivity index (χ3v) is 4.54. The summed E-state index contributed by atoms with van der Waals surface area (Å²) in [5.41, 5.74) is 0. The van der Waals surface area contributed by atoms with Crippen LogP contribution in [-0.4, -0.2) is 23.2 Å². The third kappa shape index (κ3) is 2.33. The Morgan fingerprint density at radius 3 is 3.00 bits per heavy atom. The van der Waals surface area contributed by atoms with Crippen LogP contribution in [0.25, 0.3) is 10.7 Å². The summed E-state index contributed by atoms with van der Waals surface area (Å²) in [7, 11) is 0. The van der Waals surface area contributed by atoms with Crippen LogP contribution in [0, 0.1) is 18.8 Å². The number of hydrogen-bond acceptors (Lipinski definition) is 5. The van der Waals surface area contributed by atoms with Crippen LogP contribution in [-0.2, 0) is 6.42 Å². The van der Waals surface area contributed by atoms with E-state index in [1.54, 1.807) is 11.3 Å². The molecule has 1 aliphatic rings. The van der Waals surface area contributed by atoms with Gasteiger partial charge in [0.15, 0.2) is 0 Å². The molecule has 0 radical (unpaired) electrons. The van der Waals surface area contributed by atoms with Gasteiger partial charge in [0.05, 0.1) is 4.88 Å². The molecule has 0 aliphatic carbocycles. The van der Waals surface area contributed by atoms with E-state index < -0.39 is 0 Å². The molecule has 2 aromatic rings. The van der Waals surface area contributed by atoms with Crippen molar-refractivity contribution >= 4 is 11.3 Å². The maximum Gasteiger partial charge on any atom is 0.227 e. The van der Waals surface area contributed by atoms with Gasteiger partial charge in [-0.3, -0.25) is 0 Å². The van der Waals surface area contributed by atoms with Crippen molar-refractivity contribution < 1.29 is 4.52 Å². The van der Waals surface area contributed by atoms with Gasteiger partial charge < -0.3 is 9.84 Å². The standard InChI is InChI=1S/C13H17N3OS/c1-8-6-14-7-10(8)5-12-15-13(16-17-12)11-4-3-9(2)18-11/h3-4,8,10,14H,5-7H2,1-2H3/t8-,10-/m1/s1. The van der Waals surface area contributed by atoms with Gasteiger partial charge in [-0.25, -0.2) is 0 Å². The van der Waals surface area contributed by atoms with Crippen LogP contribution in [0.2, 0.25) is 0 Å². The van der Waals surface area contributed by atoms with Gasteiger partial charge in [-0.15, -0.1) is 11.3 Å². The van der Waals surface area contributed by atoms with Gasteiger partial charge in [-0.2, -0.15) is 4.98 Å². The molecule has 0 unspecified atom stereocenters. The molecular weight excluding hydrogens is 246 g/mol. The lowest BCUT2D eigenvalue weighted by Gasteiger charge is -2.09. The molecule has 0 amide bonds. The maximum atomic E-state index is 5.36. The Morgan fingerprint density at radius 2 is 2.33 bits per heavy atom. The molecule has 0 aromatic carbocycles. The SMILES string of the molecule is Cc1ccc(-c2noc(C[C@@H]3CNC[C@H]3C)n2)s1. The first kappa shape index (κ1) is 11.9. The second-order valence-electron chi connectivity index (χ2n) is 5.02. The van der Waals surface area contributed by atoms with Crippen LogP contribution in [0.1, 0.15) is 17.7 Å². The van der Waals surface area contributed by atoms with E-state index in [0.717, 1.165) is 36.1 Å². The number of aromatic nitrogens is 2. The molecule has 3 rings (SSSR count). The minimum Gasteiger partial charge on any atom is -0.339 e. The molecule has 0 spiro atoms. The van der Waals surface area contributed by atoms with Gasteiger partial charge in [-0.1, -0.05) is 12.1 Å². The summed E-state index contributed by atoms with van der Waals surface area (Å²) in [6, 6.07) is 4.13. The minimum atomic E-state index is 0.614. The van der Waals surface area contributed by atoms with E-state index in [1.807, 2.05) is 6.07 Å². The molecule has 2 atom stereocenters. The van der Waals surface area contributed by atoms with Gasteiger partial charge in [0.2, 0.25) is 11.7 Å². The van der Waals surface area contributed by atoms with E-state index >= 15 is 0 Å². The molecule has 4 nitrogen and oxygen atoms in total. The van der Waals surface area contributed by atoms with Crippen LogP contribution >= 0.6 is 11.3 Å². The molecule has 3 heterocycles. The Kier molecular flexibility index (Phi) is 3.18. The van der Waals surface area contributed by atoms with E-state index in [0.29, 0.717) is 11.8 Å². The lowest BCUT2D eigenvalue weighted by molar-refractivity contribution is 0.337. The summed E-state index contributed by atoms with van der Waals surface area (Å²) in [5, 5.41) is 7.47. The highest BCUT2D eigenvalue weighted by Crippen LogP contribution is 2.26. The molecular formula is C13H17N3OS. The quantitative estimate of drug-likeness (QED) is 0.924. The van der Waals surface area contributed by atoms with Crippen molar-refractivity contribution in [3.8, 4) is 10.7 Å². The van der Waals surface area contributed by atoms with Crippen LogP contribution in [0.4, 0.5) is 0 Å². The predicted octanol–water partition coefficient (Wildman–Crippen LogP) is 2.50. The van der Waals surface area contributed by atoms with Gasteiger partial charge in [0, 0.05) is 11.3 Å². The highest BCUT2D eigenvalue weighted by Gasteiger charge is 2.25. The minimum absolute atomic E-state index is 0.614. The second kappa shape index (κ2) is 4.82. The average molecular weight is 263 g/mol. The lowest BCUT2D eigenvalue weighted by atomic mass is 9.95. The largest absolute Gasteiger partial charge is 0.339 e. The van der Waals surface area contributed by atoms with E-state index in [2.05, 4.69) is 35.4 Å². The summed E-state index contributed by atoms with van der Waals surface area (Å²) in [6.07, 6.45) is 0.880. The number of aryl methyl sites for hydroxylation is 1. The molecule has 1 saturated heterocycles. The molecule has 5 heteroatoms. The van der Waals surface area contributed by atoms with E-state index in [9.17, 15) is 0 Å². The van der Waals surface area contributed by atoms with E-state index in [4.69, 9.17) is 4.52 Å². The van der Waals surface area contributed by atoms with Crippen LogP contribution in [0.5, 0.6) is 0 Å². The first-order chi connectivity index (χ1) is 8.72. The average Bonchev–Trinajstić information content (AvgIpc) is 3.03. The van der Waals surface area contributed by atoms with Gasteiger partial charge in [0.25, 0.3) is 0 Å². The summed E-state index contributed by atoms with van der Waals surface area (Å²) in [6.45, 7) is 6.50. The van der Waals surface area contributed by atoms with Crippen LogP contribution in [0.3, 0.4) is 0 Å². The number of rotatable bonds is 3. The Labute approximate surface area is 110 Å². The van der Waals surface area contributed by atoms with Crippen molar-refractivity contribution in [2.45, 2.75) is 20.3 Å². The highest BCUT2D eigenvalue weighted by atomic mass is 32.1. The van der Waals surface area contributed by atoms with Gasteiger partial charge in [-0.05, 0) is 44.0 Å². The summed E-state index contributed by atoms with van der Waals surface area (Å²) < 4.78 is 5.36. The molecule has 1 fully saturated rings. The molecule has 0 saturated carbocycles. The summed E-state index contributed by atoms with van der Waals surface area (Å²) in [4.78, 5) is 6.85. The molecule has 0 bridgehead atoms. The Balaban J connectivity index is 1.73. The first-order valence-corrected chi connectivity index (χ1v) is 7.14. The van der Waals surface area contributed by atoms with Crippen molar-refractivity contribution in [2.24, 2.45) is 11.8 Å². The normalized spacial score (nSPS) is 23.7. The smallest absolute Gasteiger partial charge is 0.227 e. The van der Waals surface area contributed by atoms with Crippen LogP contribution < -0.4 is 5.32 Å². The van der Waals surface area contributed by atoms with Crippen molar-refractivity contribution in [1.29, 1.82) is 0 Å². The van der Waals surface area contributed by atoms with Gasteiger partial charge in [0.1, 0.15) is 0 Å². The zero-order chi connectivity index (χ0) is 12.5. The number of hydrogen-bond donors (Lipinski definition) is 1. The van der Waals surface area contributed by atoms with Crippen molar-refractivity contribution in [2.75, 3.05) is 13.1 Å². The van der Waals surface area contributed by atoms with Gasteiger partial charge >= 0.3 is 0 Å². The highest BCUT2D eigenvalue weighted by molar-refractivity contribution is 7.15. The van der Waals surface area contributed by atoms with E-state index in [1.165, 1.54) is 4.88 Å². The topological polar surface area (TPSA) is 51.0 Å². The fourth-order valence-corrected chi connectivity index (χ4v) is 3.15. The van der Waals surface area contributed by atoms with Crippen molar-refractivity contribution in [3.05, 3.63) is 22.9 Å². The number of nitrogens with zero attached hydrogens (tertiary/aromatic N) is 2. The zero-order valence-corrected chi connectivity index (χ0v) is 11.5. The zero-order valence-electron chi connectivity index (χ0n) is 10.6. The van der Waals surface area contributed by atoms with Crippen molar-refractivity contribution in [1.82, 2.24) is 15.5 Å². The third-order valence-electron chi connectivity index (χ3n) is 3.54. The van der Waals surface area contributed by atoms with E-state index in [-0.39, 0.29) is 0 Å². The predicted molar refractivity (Wildman–Crippen MR) is 71.6 cm³/mol. The molecule has 2 aromatic heterocycles. The maximum absolute atomic E-state index is 5.36. The Morgan fingerprint density at radius 1 is 1.44 bits per heavy atom. The fraction of sp³-hybridized carbons (Fsp3) is 0.538. The molecule has 18 heavy (non-hydrogen) atoms. The summed E-state index contributed by atoms with van der Waals surface area (Å²) >= 11 is 1.70. The number of thiophene rings is 1. The lowest BCUT2D eigenvalue weighted by Crippen LogP contribution is -2.13. The first-order valence-electron chi connectivity index (χ1n) is 6.32. The fourth-order valence-electron chi connectivity index (χ4n) is 2.35. The Hall–Kier alpha value is -1.20. The van der Waals surface area contributed by atoms with Crippen molar-refractivity contribution in [3.63, 3.8) is 0 Å². The molecule has 96 valence electrons. The molecule has 1 N–H and O–H groups in total. The molecule has 1 aliphatic heterocycles. The number of nitrogens with one attached hydrogen (secondary N) is 1. The Bertz CT molecular complexity index is 534. The second-order valence-corrected chi connectivity index (χ2v) is 6.31. The van der Waals surface area contributed by atoms with Crippen LogP contribution in [0.15, 0.2) is 16.7 Å². The summed E-state index contributed by atoms with van der Waals surface area (Å²) in [5.74, 6) is 2.78.